The Labute approximate surface area is 130 Å². The quantitative estimate of drug-likeness (QED) is 0.872. The molecule has 0 fully saturated rings. The van der Waals surface area contributed by atoms with Gasteiger partial charge in [0.1, 0.15) is 5.82 Å². The van der Waals surface area contributed by atoms with E-state index < -0.39 is 11.9 Å². The third-order valence-corrected chi connectivity index (χ3v) is 3.67. The molecule has 0 aliphatic rings. The minimum Gasteiger partial charge on any atom is -0.348 e. The van der Waals surface area contributed by atoms with Crippen molar-refractivity contribution in [1.29, 1.82) is 0 Å². The molecule has 3 atom stereocenters. The number of hydrogen-bond acceptors (Lipinski definition) is 2. The van der Waals surface area contributed by atoms with Gasteiger partial charge in [0.05, 0.1) is 12.1 Å². The molecule has 0 aromatic heterocycles. The molecule has 3 N–H and O–H groups in total. The van der Waals surface area contributed by atoms with Gasteiger partial charge in [-0.1, -0.05) is 37.9 Å². The van der Waals surface area contributed by atoms with Crippen molar-refractivity contribution in [2.45, 2.75) is 39.3 Å². The molecule has 0 heterocycles. The molecule has 0 aliphatic carbocycles. The number of nitrogens with one attached hydrogen (secondary N) is 1. The first kappa shape index (κ1) is 19.2. The molecule has 20 heavy (non-hydrogen) atoms. The van der Waals surface area contributed by atoms with Gasteiger partial charge in [-0.3, -0.25) is 4.79 Å². The van der Waals surface area contributed by atoms with E-state index in [0.29, 0.717) is 10.6 Å². The first-order valence-electron chi connectivity index (χ1n) is 6.37. The molecule has 1 aromatic carbocycles. The topological polar surface area (TPSA) is 55.1 Å². The molecule has 0 aliphatic heterocycles. The van der Waals surface area contributed by atoms with Crippen LogP contribution in [0.4, 0.5) is 4.39 Å². The number of rotatable bonds is 5. The summed E-state index contributed by atoms with van der Waals surface area (Å²) in [4.78, 5) is 12.0. The van der Waals surface area contributed by atoms with Gasteiger partial charge in [-0.25, -0.2) is 4.39 Å². The van der Waals surface area contributed by atoms with E-state index in [9.17, 15) is 9.18 Å². The van der Waals surface area contributed by atoms with Gasteiger partial charge in [0.25, 0.3) is 0 Å². The van der Waals surface area contributed by atoms with Crippen LogP contribution in [0.15, 0.2) is 18.2 Å². The Kier molecular flexibility index (Phi) is 8.09. The van der Waals surface area contributed by atoms with Crippen molar-refractivity contribution in [2.75, 3.05) is 0 Å². The maximum absolute atomic E-state index is 13.0. The third kappa shape index (κ3) is 4.93. The van der Waals surface area contributed by atoms with Crippen molar-refractivity contribution >= 4 is 29.9 Å². The highest BCUT2D eigenvalue weighted by Crippen LogP contribution is 2.23. The molecule has 0 saturated heterocycles. The summed E-state index contributed by atoms with van der Waals surface area (Å²) < 4.78 is 13.0. The van der Waals surface area contributed by atoms with Gasteiger partial charge >= 0.3 is 0 Å². The van der Waals surface area contributed by atoms with Crippen LogP contribution < -0.4 is 11.1 Å². The lowest BCUT2D eigenvalue weighted by molar-refractivity contribution is -0.124. The molecule has 0 saturated carbocycles. The van der Waals surface area contributed by atoms with Crippen LogP contribution in [0, 0.1) is 11.7 Å². The normalized spacial score (nSPS) is 14.9. The first-order valence-corrected chi connectivity index (χ1v) is 6.75. The fourth-order valence-electron chi connectivity index (χ4n) is 1.75. The summed E-state index contributed by atoms with van der Waals surface area (Å²) in [5.41, 5.74) is 6.53. The largest absolute Gasteiger partial charge is 0.348 e. The van der Waals surface area contributed by atoms with E-state index in [-0.39, 0.29) is 30.3 Å². The van der Waals surface area contributed by atoms with E-state index in [2.05, 4.69) is 5.32 Å². The van der Waals surface area contributed by atoms with E-state index in [1.165, 1.54) is 12.1 Å². The summed E-state index contributed by atoms with van der Waals surface area (Å²) in [6.45, 7) is 5.71. The second-order valence-corrected chi connectivity index (χ2v) is 5.21. The Balaban J connectivity index is 0.00000361. The molecule has 1 rings (SSSR count). The zero-order chi connectivity index (χ0) is 14.6. The summed E-state index contributed by atoms with van der Waals surface area (Å²) in [7, 11) is 0. The zero-order valence-corrected chi connectivity index (χ0v) is 13.4. The van der Waals surface area contributed by atoms with E-state index >= 15 is 0 Å². The number of amides is 1. The molecule has 6 heteroatoms. The van der Waals surface area contributed by atoms with E-state index in [1.807, 2.05) is 13.8 Å². The van der Waals surface area contributed by atoms with E-state index in [1.54, 1.807) is 13.0 Å². The fraction of sp³-hybridized carbons (Fsp3) is 0.500. The molecule has 3 unspecified atom stereocenters. The summed E-state index contributed by atoms with van der Waals surface area (Å²) in [6.07, 6.45) is 0.834. The van der Waals surface area contributed by atoms with Crippen molar-refractivity contribution in [3.05, 3.63) is 34.6 Å². The van der Waals surface area contributed by atoms with Gasteiger partial charge in [-0.2, -0.15) is 0 Å². The summed E-state index contributed by atoms with van der Waals surface area (Å²) >= 11 is 5.95. The Morgan fingerprint density at radius 2 is 2.05 bits per heavy atom. The SMILES string of the molecule is CCC(C)C(N)C(=O)NC(C)c1ccc(F)cc1Cl.Cl. The van der Waals surface area contributed by atoms with Crippen LogP contribution in [0.1, 0.15) is 38.8 Å². The van der Waals surface area contributed by atoms with E-state index in [0.717, 1.165) is 6.42 Å². The molecule has 0 radical (unpaired) electrons. The number of nitrogens with two attached hydrogens (primary N) is 1. The lowest BCUT2D eigenvalue weighted by Gasteiger charge is -2.21. The average molecular weight is 323 g/mol. The standard InChI is InChI=1S/C14H20ClFN2O.ClH/c1-4-8(2)13(17)14(19)18-9(3)11-6-5-10(16)7-12(11)15;/h5-9,13H,4,17H2,1-3H3,(H,18,19);1H. The smallest absolute Gasteiger partial charge is 0.237 e. The van der Waals surface area contributed by atoms with Gasteiger partial charge < -0.3 is 11.1 Å². The fourth-order valence-corrected chi connectivity index (χ4v) is 2.08. The summed E-state index contributed by atoms with van der Waals surface area (Å²) in [5, 5.41) is 3.10. The highest BCUT2D eigenvalue weighted by Gasteiger charge is 2.22. The highest BCUT2D eigenvalue weighted by molar-refractivity contribution is 6.31. The summed E-state index contributed by atoms with van der Waals surface area (Å²) in [5.74, 6) is -0.512. The lowest BCUT2D eigenvalue weighted by Crippen LogP contribution is -2.45. The minimum absolute atomic E-state index is 0. The molecular weight excluding hydrogens is 302 g/mol. The average Bonchev–Trinajstić information content (AvgIpc) is 2.36. The van der Waals surface area contributed by atoms with Gasteiger partial charge in [0.15, 0.2) is 0 Å². The maximum atomic E-state index is 13.0. The molecule has 0 bridgehead atoms. The van der Waals surface area contributed by atoms with Crippen LogP contribution in [0.5, 0.6) is 0 Å². The van der Waals surface area contributed by atoms with Crippen LogP contribution in [-0.4, -0.2) is 11.9 Å². The van der Waals surface area contributed by atoms with Crippen molar-refractivity contribution in [2.24, 2.45) is 11.7 Å². The number of carbonyl (C=O) groups is 1. The predicted octanol–water partition coefficient (Wildman–Crippen LogP) is 3.45. The summed E-state index contributed by atoms with van der Waals surface area (Å²) in [6, 6.07) is 3.26. The van der Waals surface area contributed by atoms with Gasteiger partial charge in [-0.05, 0) is 30.5 Å². The Morgan fingerprint density at radius 1 is 1.45 bits per heavy atom. The van der Waals surface area contributed by atoms with Crippen LogP contribution in [0.3, 0.4) is 0 Å². The van der Waals surface area contributed by atoms with Crippen LogP contribution >= 0.6 is 24.0 Å². The second-order valence-electron chi connectivity index (χ2n) is 4.81. The number of carbonyl (C=O) groups excluding carboxylic acids is 1. The van der Waals surface area contributed by atoms with E-state index in [4.69, 9.17) is 17.3 Å². The predicted molar refractivity (Wildman–Crippen MR) is 82.6 cm³/mol. The monoisotopic (exact) mass is 322 g/mol. The molecule has 1 aromatic rings. The van der Waals surface area contributed by atoms with Gasteiger partial charge in [0, 0.05) is 5.02 Å². The number of halogens is 3. The highest BCUT2D eigenvalue weighted by atomic mass is 35.5. The number of hydrogen-bond donors (Lipinski definition) is 2. The van der Waals surface area contributed by atoms with Crippen molar-refractivity contribution < 1.29 is 9.18 Å². The van der Waals surface area contributed by atoms with Crippen LogP contribution in [-0.2, 0) is 4.79 Å². The van der Waals surface area contributed by atoms with Crippen molar-refractivity contribution in [3.8, 4) is 0 Å². The molecule has 1 amide bonds. The lowest BCUT2D eigenvalue weighted by atomic mass is 9.98. The molecular formula is C14H21Cl2FN2O. The molecule has 0 spiro atoms. The van der Waals surface area contributed by atoms with Crippen molar-refractivity contribution in [3.63, 3.8) is 0 Å². The Morgan fingerprint density at radius 3 is 2.55 bits per heavy atom. The Hall–Kier alpha value is -0.840. The number of benzene rings is 1. The third-order valence-electron chi connectivity index (χ3n) is 3.35. The molecule has 114 valence electrons. The molecule has 3 nitrogen and oxygen atoms in total. The zero-order valence-electron chi connectivity index (χ0n) is 11.8. The first-order chi connectivity index (χ1) is 8.86. The minimum atomic E-state index is -0.549. The van der Waals surface area contributed by atoms with Crippen molar-refractivity contribution in [1.82, 2.24) is 5.32 Å². The maximum Gasteiger partial charge on any atom is 0.237 e. The van der Waals surface area contributed by atoms with Crippen LogP contribution in [0.25, 0.3) is 0 Å². The Bertz CT molecular complexity index is 457. The van der Waals surface area contributed by atoms with Gasteiger partial charge in [0.2, 0.25) is 5.91 Å². The van der Waals surface area contributed by atoms with Crippen LogP contribution in [0.2, 0.25) is 5.02 Å². The van der Waals surface area contributed by atoms with Gasteiger partial charge in [-0.15, -0.1) is 12.4 Å². The second kappa shape index (κ2) is 8.45.